The van der Waals surface area contributed by atoms with Gasteiger partial charge in [0.15, 0.2) is 5.43 Å². The van der Waals surface area contributed by atoms with Crippen LogP contribution in [0.4, 0.5) is 5.82 Å². The van der Waals surface area contributed by atoms with Crippen LogP contribution >= 0.6 is 34.8 Å². The maximum absolute atomic E-state index is 13.4. The lowest BCUT2D eigenvalue weighted by Crippen LogP contribution is -2.38. The molecule has 0 radical (unpaired) electrons. The Bertz CT molecular complexity index is 1200. The first-order valence-corrected chi connectivity index (χ1v) is 9.70. The third kappa shape index (κ3) is 2.44. The summed E-state index contributed by atoms with van der Waals surface area (Å²) in [6.45, 7) is 1.18. The Morgan fingerprint density at radius 1 is 0.926 bits per heavy atom. The van der Waals surface area contributed by atoms with E-state index in [-0.39, 0.29) is 17.8 Å². The molecule has 1 atom stereocenters. The minimum Gasteiger partial charge on any atom is -0.325 e. The van der Waals surface area contributed by atoms with Crippen LogP contribution in [0.1, 0.15) is 23.5 Å². The number of benzene rings is 2. The highest BCUT2D eigenvalue weighted by Gasteiger charge is 2.40. The fourth-order valence-electron chi connectivity index (χ4n) is 4.24. The molecule has 3 heterocycles. The number of fused-ring (bicyclic) bond motifs is 2. The SMILES string of the molecule is O=C1CC(c2ccc(Cl)cc2Cl)c2c3n(c4cc(Cl)ccc4c2=O)CCN13. The molecule has 1 amide bonds. The number of carbonyl (C=O) groups is 1. The van der Waals surface area contributed by atoms with Crippen molar-refractivity contribution >= 4 is 57.4 Å². The van der Waals surface area contributed by atoms with E-state index in [1.807, 2.05) is 4.57 Å². The number of pyridine rings is 1. The van der Waals surface area contributed by atoms with Crippen LogP contribution in [-0.2, 0) is 11.3 Å². The van der Waals surface area contributed by atoms with E-state index in [4.69, 9.17) is 34.8 Å². The molecule has 2 aromatic carbocycles. The fraction of sp³-hybridized carbons (Fsp3) is 0.200. The second-order valence-corrected chi connectivity index (χ2v) is 8.13. The third-order valence-electron chi connectivity index (χ3n) is 5.41. The van der Waals surface area contributed by atoms with Gasteiger partial charge < -0.3 is 4.57 Å². The molecule has 0 fully saturated rings. The van der Waals surface area contributed by atoms with E-state index in [0.29, 0.717) is 44.9 Å². The molecule has 1 aromatic heterocycles. The van der Waals surface area contributed by atoms with Gasteiger partial charge >= 0.3 is 0 Å². The molecule has 4 nitrogen and oxygen atoms in total. The molecule has 27 heavy (non-hydrogen) atoms. The van der Waals surface area contributed by atoms with Crippen molar-refractivity contribution in [2.24, 2.45) is 0 Å². The van der Waals surface area contributed by atoms with Crippen molar-refractivity contribution in [2.45, 2.75) is 18.9 Å². The van der Waals surface area contributed by atoms with Crippen molar-refractivity contribution in [2.75, 3.05) is 11.4 Å². The molecule has 1 unspecified atom stereocenters. The Morgan fingerprint density at radius 3 is 2.44 bits per heavy atom. The summed E-state index contributed by atoms with van der Waals surface area (Å²) in [6.07, 6.45) is 0.211. The summed E-state index contributed by atoms with van der Waals surface area (Å²) in [5.74, 6) is 0.262. The summed E-state index contributed by atoms with van der Waals surface area (Å²) < 4.78 is 2.02. The molecule has 0 N–H and O–H groups in total. The van der Waals surface area contributed by atoms with Crippen LogP contribution in [0.2, 0.25) is 15.1 Å². The Hall–Kier alpha value is -2.01. The van der Waals surface area contributed by atoms with Gasteiger partial charge in [-0.3, -0.25) is 14.5 Å². The van der Waals surface area contributed by atoms with Crippen molar-refractivity contribution in [3.8, 4) is 0 Å². The quantitative estimate of drug-likeness (QED) is 0.566. The molecule has 2 aliphatic heterocycles. The van der Waals surface area contributed by atoms with E-state index in [9.17, 15) is 9.59 Å². The van der Waals surface area contributed by atoms with Gasteiger partial charge in [0.2, 0.25) is 5.91 Å². The van der Waals surface area contributed by atoms with E-state index in [1.54, 1.807) is 41.3 Å². The van der Waals surface area contributed by atoms with E-state index in [1.165, 1.54) is 0 Å². The van der Waals surface area contributed by atoms with E-state index in [0.717, 1.165) is 11.1 Å². The standard InChI is InChI=1S/C20H13Cl3N2O2/c21-10-1-3-12(15(23)7-10)14-9-17(26)25-6-5-24-16-8-11(22)2-4-13(16)19(27)18(14)20(24)25/h1-4,7-8,14H,5-6,9H2. The minimum absolute atomic E-state index is 0.00875. The smallest absolute Gasteiger partial charge is 0.229 e. The highest BCUT2D eigenvalue weighted by molar-refractivity contribution is 6.35. The van der Waals surface area contributed by atoms with Gasteiger partial charge in [0.1, 0.15) is 5.82 Å². The minimum atomic E-state index is -0.398. The maximum Gasteiger partial charge on any atom is 0.229 e. The Morgan fingerprint density at radius 2 is 1.67 bits per heavy atom. The van der Waals surface area contributed by atoms with Crippen LogP contribution in [0.5, 0.6) is 0 Å². The lowest BCUT2D eigenvalue weighted by atomic mass is 9.84. The number of amides is 1. The first-order chi connectivity index (χ1) is 13.0. The number of carbonyl (C=O) groups excluding carboxylic acids is 1. The lowest BCUT2D eigenvalue weighted by molar-refractivity contribution is -0.119. The van der Waals surface area contributed by atoms with E-state index >= 15 is 0 Å². The summed E-state index contributed by atoms with van der Waals surface area (Å²) in [5, 5.41) is 2.14. The summed E-state index contributed by atoms with van der Waals surface area (Å²) in [6, 6.07) is 10.4. The maximum atomic E-state index is 13.4. The number of halogens is 3. The average molecular weight is 420 g/mol. The number of hydrogen-bond donors (Lipinski definition) is 0. The monoisotopic (exact) mass is 418 g/mol. The van der Waals surface area contributed by atoms with Crippen LogP contribution in [0, 0.1) is 0 Å². The largest absolute Gasteiger partial charge is 0.325 e. The van der Waals surface area contributed by atoms with Crippen molar-refractivity contribution in [1.29, 1.82) is 0 Å². The number of anilines is 1. The van der Waals surface area contributed by atoms with Gasteiger partial charge in [0, 0.05) is 51.4 Å². The van der Waals surface area contributed by atoms with Crippen LogP contribution in [0.25, 0.3) is 10.9 Å². The van der Waals surface area contributed by atoms with Crippen LogP contribution < -0.4 is 10.3 Å². The summed E-state index contributed by atoms with van der Waals surface area (Å²) in [5.41, 5.74) is 2.04. The second kappa shape index (κ2) is 5.99. The van der Waals surface area contributed by atoms with Gasteiger partial charge in [-0.2, -0.15) is 0 Å². The molecule has 0 saturated carbocycles. The number of rotatable bonds is 1. The zero-order chi connectivity index (χ0) is 18.9. The van der Waals surface area contributed by atoms with Gasteiger partial charge in [0.25, 0.3) is 0 Å². The van der Waals surface area contributed by atoms with Crippen molar-refractivity contribution < 1.29 is 4.79 Å². The van der Waals surface area contributed by atoms with Crippen LogP contribution in [0.3, 0.4) is 0 Å². The Balaban J connectivity index is 1.87. The molecule has 7 heteroatoms. The zero-order valence-electron chi connectivity index (χ0n) is 14.0. The Labute approximate surface area is 169 Å². The molecule has 3 aromatic rings. The molecule has 2 aliphatic rings. The summed E-state index contributed by atoms with van der Waals surface area (Å²) in [4.78, 5) is 27.9. The predicted molar refractivity (Wildman–Crippen MR) is 108 cm³/mol. The molecular weight excluding hydrogens is 407 g/mol. The van der Waals surface area contributed by atoms with Gasteiger partial charge in [-0.1, -0.05) is 40.9 Å². The predicted octanol–water partition coefficient (Wildman–Crippen LogP) is 4.84. The second-order valence-electron chi connectivity index (χ2n) is 6.85. The first-order valence-electron chi connectivity index (χ1n) is 8.57. The highest BCUT2D eigenvalue weighted by Crippen LogP contribution is 2.44. The first kappa shape index (κ1) is 17.1. The lowest BCUT2D eigenvalue weighted by Gasteiger charge is -2.31. The van der Waals surface area contributed by atoms with Crippen LogP contribution in [-0.4, -0.2) is 17.0 Å². The van der Waals surface area contributed by atoms with Gasteiger partial charge in [-0.05, 0) is 35.9 Å². The van der Waals surface area contributed by atoms with Gasteiger partial charge in [-0.15, -0.1) is 0 Å². The number of aromatic nitrogens is 1. The molecule has 5 rings (SSSR count). The van der Waals surface area contributed by atoms with Gasteiger partial charge in [0.05, 0.1) is 5.52 Å². The zero-order valence-corrected chi connectivity index (χ0v) is 16.3. The Kier molecular flexibility index (Phi) is 3.80. The third-order valence-corrected chi connectivity index (χ3v) is 6.20. The van der Waals surface area contributed by atoms with Gasteiger partial charge in [-0.25, -0.2) is 0 Å². The normalized spacial score (nSPS) is 18.3. The van der Waals surface area contributed by atoms with E-state index in [2.05, 4.69) is 0 Å². The topological polar surface area (TPSA) is 42.3 Å². The molecular formula is C20H13Cl3N2O2. The van der Waals surface area contributed by atoms with Crippen LogP contribution in [0.15, 0.2) is 41.2 Å². The molecule has 0 aliphatic carbocycles. The fourth-order valence-corrected chi connectivity index (χ4v) is 4.95. The molecule has 0 saturated heterocycles. The molecule has 0 bridgehead atoms. The number of hydrogen-bond acceptors (Lipinski definition) is 2. The summed E-state index contributed by atoms with van der Waals surface area (Å²) in [7, 11) is 0. The number of nitrogens with zero attached hydrogens (tertiary/aromatic N) is 2. The summed E-state index contributed by atoms with van der Waals surface area (Å²) >= 11 is 18.6. The highest BCUT2D eigenvalue weighted by atomic mass is 35.5. The molecule has 136 valence electrons. The van der Waals surface area contributed by atoms with E-state index < -0.39 is 5.92 Å². The average Bonchev–Trinajstić information content (AvgIpc) is 3.06. The van der Waals surface area contributed by atoms with Crippen molar-refractivity contribution in [3.63, 3.8) is 0 Å². The van der Waals surface area contributed by atoms with Crippen molar-refractivity contribution in [3.05, 3.63) is 72.8 Å². The van der Waals surface area contributed by atoms with Crippen molar-refractivity contribution in [1.82, 2.24) is 4.57 Å². The molecule has 0 spiro atoms.